The Kier molecular flexibility index (Phi) is 4.77. The van der Waals surface area contributed by atoms with Crippen LogP contribution in [-0.4, -0.2) is 27.7 Å². The van der Waals surface area contributed by atoms with E-state index in [4.69, 9.17) is 4.74 Å². The van der Waals surface area contributed by atoms with E-state index in [0.717, 1.165) is 32.1 Å². The maximum atomic E-state index is 11.4. The number of rotatable bonds is 6. The fourth-order valence-corrected chi connectivity index (χ4v) is 7.74. The van der Waals surface area contributed by atoms with E-state index < -0.39 is 11.9 Å². The SMILES string of the molecule is CC(C)CC(C(C)C)C(O)OC12CC(C)CC3C1CC1CC2CC3(O)C1. The van der Waals surface area contributed by atoms with Gasteiger partial charge >= 0.3 is 0 Å². The predicted molar refractivity (Wildman–Crippen MR) is 103 cm³/mol. The Morgan fingerprint density at radius 2 is 1.73 bits per heavy atom. The van der Waals surface area contributed by atoms with Crippen LogP contribution in [0.1, 0.15) is 79.6 Å². The summed E-state index contributed by atoms with van der Waals surface area (Å²) >= 11 is 0. The van der Waals surface area contributed by atoms with E-state index in [1.165, 1.54) is 12.8 Å². The van der Waals surface area contributed by atoms with Gasteiger partial charge in [0.05, 0.1) is 11.2 Å². The molecule has 0 aromatic rings. The molecule has 5 rings (SSSR count). The van der Waals surface area contributed by atoms with E-state index in [9.17, 15) is 10.2 Å². The number of aliphatic hydroxyl groups excluding tert-OH is 1. The van der Waals surface area contributed by atoms with Gasteiger partial charge in [-0.3, -0.25) is 0 Å². The fourth-order valence-electron chi connectivity index (χ4n) is 7.74. The maximum Gasteiger partial charge on any atom is 0.158 e. The van der Waals surface area contributed by atoms with Gasteiger partial charge in [-0.25, -0.2) is 0 Å². The van der Waals surface area contributed by atoms with Gasteiger partial charge in [0, 0.05) is 5.92 Å². The highest BCUT2D eigenvalue weighted by Gasteiger charge is 2.69. The molecule has 5 aliphatic carbocycles. The van der Waals surface area contributed by atoms with Crippen molar-refractivity contribution in [2.75, 3.05) is 0 Å². The van der Waals surface area contributed by atoms with Crippen LogP contribution in [0, 0.1) is 47.3 Å². The lowest BCUT2D eigenvalue weighted by atomic mass is 9.40. The average Bonchev–Trinajstić information content (AvgIpc) is 2.51. The highest BCUT2D eigenvalue weighted by molar-refractivity contribution is 5.19. The highest BCUT2D eigenvalue weighted by atomic mass is 16.6. The summed E-state index contributed by atoms with van der Waals surface area (Å²) in [6.07, 6.45) is 6.87. The average molecular weight is 365 g/mol. The molecular weight excluding hydrogens is 324 g/mol. The van der Waals surface area contributed by atoms with Gasteiger partial charge in [-0.2, -0.15) is 0 Å². The standard InChI is InChI=1S/C23H40O3/c1-13(2)6-18(14(3)4)21(24)26-23-10-15(5)7-19-20(23)9-16-8-17(23)12-22(19,25)11-16/h13-21,24-25H,6-12H2,1-5H3. The van der Waals surface area contributed by atoms with Crippen LogP contribution in [-0.2, 0) is 4.74 Å². The van der Waals surface area contributed by atoms with Crippen molar-refractivity contribution in [2.24, 2.45) is 47.3 Å². The summed E-state index contributed by atoms with van der Waals surface area (Å²) in [7, 11) is 0. The molecule has 5 saturated carbocycles. The molecule has 0 radical (unpaired) electrons. The molecule has 0 aliphatic heterocycles. The zero-order valence-corrected chi connectivity index (χ0v) is 17.4. The molecule has 150 valence electrons. The van der Waals surface area contributed by atoms with E-state index in [-0.39, 0.29) is 11.5 Å². The lowest BCUT2D eigenvalue weighted by molar-refractivity contribution is -0.340. The van der Waals surface area contributed by atoms with Crippen molar-refractivity contribution in [3.8, 4) is 0 Å². The van der Waals surface area contributed by atoms with E-state index in [1.807, 2.05) is 0 Å². The van der Waals surface area contributed by atoms with E-state index in [0.29, 0.717) is 41.4 Å². The first kappa shape index (κ1) is 19.2. The largest absolute Gasteiger partial charge is 0.390 e. The molecule has 9 unspecified atom stereocenters. The normalized spacial score (nSPS) is 49.0. The molecule has 26 heavy (non-hydrogen) atoms. The Morgan fingerprint density at radius 1 is 1.00 bits per heavy atom. The number of hydrogen-bond donors (Lipinski definition) is 2. The smallest absolute Gasteiger partial charge is 0.158 e. The Morgan fingerprint density at radius 3 is 2.38 bits per heavy atom. The van der Waals surface area contributed by atoms with Gasteiger partial charge in [-0.15, -0.1) is 0 Å². The maximum absolute atomic E-state index is 11.4. The van der Waals surface area contributed by atoms with Crippen LogP contribution in [0.3, 0.4) is 0 Å². The second-order valence-electron chi connectivity index (χ2n) is 11.3. The van der Waals surface area contributed by atoms with Crippen molar-refractivity contribution in [2.45, 2.75) is 97.1 Å². The van der Waals surface area contributed by atoms with Crippen molar-refractivity contribution >= 4 is 0 Å². The van der Waals surface area contributed by atoms with E-state index >= 15 is 0 Å². The molecule has 9 atom stereocenters. The van der Waals surface area contributed by atoms with Gasteiger partial charge in [0.1, 0.15) is 0 Å². The Labute approximate surface area is 159 Å². The summed E-state index contributed by atoms with van der Waals surface area (Å²) in [4.78, 5) is 0. The van der Waals surface area contributed by atoms with Crippen LogP contribution in [0.25, 0.3) is 0 Å². The van der Waals surface area contributed by atoms with Crippen molar-refractivity contribution in [3.63, 3.8) is 0 Å². The van der Waals surface area contributed by atoms with E-state index in [1.54, 1.807) is 0 Å². The summed E-state index contributed by atoms with van der Waals surface area (Å²) in [5, 5.41) is 22.6. The van der Waals surface area contributed by atoms with Crippen LogP contribution in [0.5, 0.6) is 0 Å². The minimum absolute atomic E-state index is 0.185. The monoisotopic (exact) mass is 364 g/mol. The zero-order chi connectivity index (χ0) is 18.9. The van der Waals surface area contributed by atoms with Gasteiger partial charge in [0.15, 0.2) is 6.29 Å². The second kappa shape index (κ2) is 6.46. The van der Waals surface area contributed by atoms with Gasteiger partial charge in [-0.05, 0) is 86.4 Å². The minimum Gasteiger partial charge on any atom is -0.390 e. The first-order valence-corrected chi connectivity index (χ1v) is 11.2. The van der Waals surface area contributed by atoms with Crippen molar-refractivity contribution in [3.05, 3.63) is 0 Å². The van der Waals surface area contributed by atoms with Gasteiger partial charge in [0.25, 0.3) is 0 Å². The molecular formula is C23H40O3. The molecule has 6 bridgehead atoms. The molecule has 0 aromatic carbocycles. The molecule has 3 nitrogen and oxygen atoms in total. The molecule has 0 amide bonds. The van der Waals surface area contributed by atoms with Crippen LogP contribution < -0.4 is 0 Å². The predicted octanol–water partition coefficient (Wildman–Crippen LogP) is 4.61. The third-order valence-corrected chi connectivity index (χ3v) is 8.57. The Hall–Kier alpha value is -0.120. The van der Waals surface area contributed by atoms with Crippen LogP contribution in [0.15, 0.2) is 0 Å². The highest BCUT2D eigenvalue weighted by Crippen LogP contribution is 2.68. The zero-order valence-electron chi connectivity index (χ0n) is 17.4. The van der Waals surface area contributed by atoms with Crippen molar-refractivity contribution in [1.29, 1.82) is 0 Å². The topological polar surface area (TPSA) is 49.7 Å². The third-order valence-electron chi connectivity index (χ3n) is 8.57. The summed E-state index contributed by atoms with van der Waals surface area (Å²) in [5.41, 5.74) is -0.632. The fraction of sp³-hybridized carbons (Fsp3) is 1.00. The minimum atomic E-state index is -0.671. The number of hydrogen-bond acceptors (Lipinski definition) is 3. The van der Waals surface area contributed by atoms with E-state index in [2.05, 4.69) is 34.6 Å². The first-order valence-electron chi connectivity index (χ1n) is 11.2. The summed E-state index contributed by atoms with van der Waals surface area (Å²) in [6.45, 7) is 11.2. The van der Waals surface area contributed by atoms with Crippen molar-refractivity contribution < 1.29 is 14.9 Å². The quantitative estimate of drug-likeness (QED) is 0.677. The number of ether oxygens (including phenoxy) is 1. The van der Waals surface area contributed by atoms with Gasteiger partial charge in [0.2, 0.25) is 0 Å². The Bertz CT molecular complexity index is 532. The molecule has 3 heteroatoms. The third kappa shape index (κ3) is 2.88. The number of aliphatic hydroxyl groups is 2. The van der Waals surface area contributed by atoms with Crippen LogP contribution in [0.2, 0.25) is 0 Å². The first-order chi connectivity index (χ1) is 12.1. The summed E-state index contributed by atoms with van der Waals surface area (Å²) < 4.78 is 6.77. The molecule has 0 aromatic heterocycles. The summed E-state index contributed by atoms with van der Waals surface area (Å²) in [5.74, 6) is 3.71. The summed E-state index contributed by atoms with van der Waals surface area (Å²) in [6, 6.07) is 0. The lowest BCUT2D eigenvalue weighted by Crippen LogP contribution is -2.72. The van der Waals surface area contributed by atoms with Crippen molar-refractivity contribution in [1.82, 2.24) is 0 Å². The van der Waals surface area contributed by atoms with Gasteiger partial charge < -0.3 is 14.9 Å². The molecule has 5 aliphatic rings. The van der Waals surface area contributed by atoms with Crippen LogP contribution >= 0.6 is 0 Å². The molecule has 0 spiro atoms. The molecule has 2 N–H and O–H groups in total. The van der Waals surface area contributed by atoms with Crippen LogP contribution in [0.4, 0.5) is 0 Å². The molecule has 5 fully saturated rings. The molecule has 0 saturated heterocycles. The molecule has 0 heterocycles. The van der Waals surface area contributed by atoms with Gasteiger partial charge in [-0.1, -0.05) is 34.6 Å². The second-order valence-corrected chi connectivity index (χ2v) is 11.3. The lowest BCUT2D eigenvalue weighted by Gasteiger charge is -2.70. The Balaban J connectivity index is 1.62.